The second-order valence-corrected chi connectivity index (χ2v) is 7.57. The third-order valence-electron chi connectivity index (χ3n) is 4.97. The highest BCUT2D eigenvalue weighted by molar-refractivity contribution is 6.07. The summed E-state index contributed by atoms with van der Waals surface area (Å²) in [4.78, 5) is 34.1. The van der Waals surface area contributed by atoms with E-state index in [0.29, 0.717) is 6.42 Å². The van der Waals surface area contributed by atoms with Gasteiger partial charge in [0, 0.05) is 12.8 Å². The number of allylic oxidation sites excluding steroid dienone is 4. The van der Waals surface area contributed by atoms with Crippen molar-refractivity contribution in [1.29, 1.82) is 0 Å². The Bertz CT molecular complexity index is 541. The van der Waals surface area contributed by atoms with E-state index in [-0.39, 0.29) is 12.8 Å². The largest absolute Gasteiger partial charge is 0.481 e. The van der Waals surface area contributed by atoms with E-state index in [1.165, 1.54) is 25.7 Å². The molecule has 0 saturated carbocycles. The predicted molar refractivity (Wildman–Crippen MR) is 116 cm³/mol. The molecule has 0 heterocycles. The number of Topliss-reactive ketones (excluding diaryl/α,β-unsaturated/α-hetero) is 1. The maximum atomic E-state index is 12.1. The Morgan fingerprint density at radius 3 is 1.90 bits per heavy atom. The summed E-state index contributed by atoms with van der Waals surface area (Å²) in [6, 6.07) is 0. The molecular formula is C23H39NO5. The summed E-state index contributed by atoms with van der Waals surface area (Å²) in [5.41, 5.74) is 3.58. The summed E-state index contributed by atoms with van der Waals surface area (Å²) >= 11 is 0. The molecule has 6 heteroatoms. The molecule has 1 atom stereocenters. The summed E-state index contributed by atoms with van der Waals surface area (Å²) in [5.74, 6) is -3.20. The van der Waals surface area contributed by atoms with Gasteiger partial charge in [0.25, 0.3) is 0 Å². The number of unbranched alkanes of at least 4 members (excludes halogenated alkanes) is 8. The van der Waals surface area contributed by atoms with Crippen molar-refractivity contribution in [2.75, 3.05) is 0 Å². The number of carbonyl (C=O) groups excluding carboxylic acids is 1. The van der Waals surface area contributed by atoms with E-state index < -0.39 is 29.7 Å². The fourth-order valence-electron chi connectivity index (χ4n) is 2.99. The topological polar surface area (TPSA) is 118 Å². The van der Waals surface area contributed by atoms with Gasteiger partial charge in [-0.2, -0.15) is 0 Å². The molecule has 0 aliphatic rings. The van der Waals surface area contributed by atoms with Crippen molar-refractivity contribution in [2.45, 2.75) is 102 Å². The van der Waals surface area contributed by atoms with Gasteiger partial charge in [-0.25, -0.2) is 4.79 Å². The van der Waals surface area contributed by atoms with E-state index in [1.54, 1.807) is 0 Å². The average molecular weight is 410 g/mol. The van der Waals surface area contributed by atoms with Gasteiger partial charge in [-0.1, -0.05) is 63.3 Å². The number of aliphatic carboxylic acids is 2. The highest BCUT2D eigenvalue weighted by Gasteiger charge is 2.41. The molecule has 29 heavy (non-hydrogen) atoms. The van der Waals surface area contributed by atoms with Crippen LogP contribution in [0, 0.1) is 0 Å². The van der Waals surface area contributed by atoms with Gasteiger partial charge < -0.3 is 15.9 Å². The first-order valence-corrected chi connectivity index (χ1v) is 10.9. The van der Waals surface area contributed by atoms with Crippen LogP contribution >= 0.6 is 0 Å². The number of nitrogens with two attached hydrogens (primary N) is 1. The molecule has 0 aromatic carbocycles. The Morgan fingerprint density at radius 2 is 1.34 bits per heavy atom. The molecule has 0 bridgehead atoms. The molecule has 0 aliphatic carbocycles. The van der Waals surface area contributed by atoms with Crippen LogP contribution in [0.1, 0.15) is 96.8 Å². The van der Waals surface area contributed by atoms with Crippen molar-refractivity contribution < 1.29 is 24.6 Å². The lowest BCUT2D eigenvalue weighted by Crippen LogP contribution is -2.55. The van der Waals surface area contributed by atoms with Crippen LogP contribution in [0.3, 0.4) is 0 Å². The zero-order valence-corrected chi connectivity index (χ0v) is 17.9. The van der Waals surface area contributed by atoms with Crippen molar-refractivity contribution >= 4 is 17.7 Å². The lowest BCUT2D eigenvalue weighted by molar-refractivity contribution is -0.149. The van der Waals surface area contributed by atoms with E-state index in [1.807, 2.05) is 0 Å². The lowest BCUT2D eigenvalue weighted by atomic mass is 9.87. The van der Waals surface area contributed by atoms with Crippen LogP contribution in [0.5, 0.6) is 0 Å². The number of rotatable bonds is 19. The van der Waals surface area contributed by atoms with Crippen LogP contribution in [-0.2, 0) is 14.4 Å². The number of carboxylic acid groups (broad SMARTS) is 2. The SMILES string of the molecule is CCCCC/C=C\C/C=C\CCCCCCCC(=O)C(N)(CCC(=O)O)C(=O)O. The van der Waals surface area contributed by atoms with E-state index in [0.717, 1.165) is 38.5 Å². The van der Waals surface area contributed by atoms with Crippen LogP contribution in [-0.4, -0.2) is 33.5 Å². The Kier molecular flexibility index (Phi) is 15.8. The highest BCUT2D eigenvalue weighted by atomic mass is 16.4. The monoisotopic (exact) mass is 409 g/mol. The van der Waals surface area contributed by atoms with Crippen LogP contribution < -0.4 is 5.73 Å². The third kappa shape index (κ3) is 13.8. The molecular weight excluding hydrogens is 370 g/mol. The molecule has 0 aromatic heterocycles. The quantitative estimate of drug-likeness (QED) is 0.157. The van der Waals surface area contributed by atoms with Gasteiger partial charge in [-0.05, 0) is 44.9 Å². The standard InChI is InChI=1S/C23H39NO5/c1-2-3-4-5-6-7-8-9-10-11-12-13-14-15-16-17-20(25)23(24,22(28)29)19-18-21(26)27/h6-7,9-10H,2-5,8,11-19,24H2,1H3,(H,26,27)(H,28,29)/b7-6-,10-9-. The average Bonchev–Trinajstić information content (AvgIpc) is 2.68. The number of ketones is 1. The number of carboxylic acids is 2. The zero-order valence-electron chi connectivity index (χ0n) is 17.9. The van der Waals surface area contributed by atoms with Crippen molar-refractivity contribution in [3.8, 4) is 0 Å². The van der Waals surface area contributed by atoms with Gasteiger partial charge in [0.15, 0.2) is 11.3 Å². The van der Waals surface area contributed by atoms with Crippen molar-refractivity contribution in [2.24, 2.45) is 5.73 Å². The first-order valence-electron chi connectivity index (χ1n) is 10.9. The van der Waals surface area contributed by atoms with Crippen molar-refractivity contribution in [1.82, 2.24) is 0 Å². The maximum absolute atomic E-state index is 12.1. The fraction of sp³-hybridized carbons (Fsp3) is 0.696. The van der Waals surface area contributed by atoms with Crippen molar-refractivity contribution in [3.05, 3.63) is 24.3 Å². The van der Waals surface area contributed by atoms with Crippen LogP contribution in [0.15, 0.2) is 24.3 Å². The van der Waals surface area contributed by atoms with Gasteiger partial charge in [0.1, 0.15) is 0 Å². The Hall–Kier alpha value is -1.95. The molecule has 0 aromatic rings. The molecule has 6 nitrogen and oxygen atoms in total. The Morgan fingerprint density at radius 1 is 0.793 bits per heavy atom. The minimum Gasteiger partial charge on any atom is -0.481 e. The number of carbonyl (C=O) groups is 3. The summed E-state index contributed by atoms with van der Waals surface area (Å²) in [7, 11) is 0. The van der Waals surface area contributed by atoms with Crippen LogP contribution in [0.4, 0.5) is 0 Å². The number of hydrogen-bond donors (Lipinski definition) is 3. The summed E-state index contributed by atoms with van der Waals surface area (Å²) < 4.78 is 0. The molecule has 0 spiro atoms. The minimum atomic E-state index is -2.09. The van der Waals surface area contributed by atoms with E-state index in [4.69, 9.17) is 10.8 Å². The van der Waals surface area contributed by atoms with Crippen LogP contribution in [0.2, 0.25) is 0 Å². The molecule has 0 aliphatic heterocycles. The number of hydrogen-bond acceptors (Lipinski definition) is 4. The molecule has 4 N–H and O–H groups in total. The minimum absolute atomic E-state index is 0.0763. The van der Waals surface area contributed by atoms with E-state index in [2.05, 4.69) is 31.2 Å². The van der Waals surface area contributed by atoms with Gasteiger partial charge >= 0.3 is 11.9 Å². The Labute approximate surface area is 175 Å². The molecule has 166 valence electrons. The molecule has 0 radical (unpaired) electrons. The second-order valence-electron chi connectivity index (χ2n) is 7.57. The smallest absolute Gasteiger partial charge is 0.331 e. The third-order valence-corrected chi connectivity index (χ3v) is 4.97. The molecule has 0 fully saturated rings. The first kappa shape index (κ1) is 27.0. The van der Waals surface area contributed by atoms with E-state index >= 15 is 0 Å². The Balaban J connectivity index is 3.80. The molecule has 1 unspecified atom stereocenters. The van der Waals surface area contributed by atoms with Gasteiger partial charge in [-0.3, -0.25) is 9.59 Å². The van der Waals surface area contributed by atoms with Gasteiger partial charge in [0.2, 0.25) is 0 Å². The summed E-state index contributed by atoms with van der Waals surface area (Å²) in [5, 5.41) is 17.9. The maximum Gasteiger partial charge on any atom is 0.331 e. The van der Waals surface area contributed by atoms with Crippen molar-refractivity contribution in [3.63, 3.8) is 0 Å². The second kappa shape index (κ2) is 17.0. The normalized spacial score (nSPS) is 13.7. The highest BCUT2D eigenvalue weighted by Crippen LogP contribution is 2.17. The zero-order chi connectivity index (χ0) is 22.0. The first-order chi connectivity index (χ1) is 13.8. The van der Waals surface area contributed by atoms with E-state index in [9.17, 15) is 19.5 Å². The van der Waals surface area contributed by atoms with Gasteiger partial charge in [-0.15, -0.1) is 0 Å². The fourth-order valence-corrected chi connectivity index (χ4v) is 2.99. The van der Waals surface area contributed by atoms with Crippen LogP contribution in [0.25, 0.3) is 0 Å². The molecule has 0 amide bonds. The molecule has 0 saturated heterocycles. The molecule has 0 rings (SSSR count). The lowest BCUT2D eigenvalue weighted by Gasteiger charge is -2.22. The van der Waals surface area contributed by atoms with Gasteiger partial charge in [0.05, 0.1) is 0 Å². The summed E-state index contributed by atoms with van der Waals surface area (Å²) in [6.07, 6.45) is 19.7. The predicted octanol–water partition coefficient (Wildman–Crippen LogP) is 5.02. The summed E-state index contributed by atoms with van der Waals surface area (Å²) in [6.45, 7) is 2.21.